The van der Waals surface area contributed by atoms with Gasteiger partial charge in [0, 0.05) is 13.0 Å². The minimum atomic E-state index is -0.781. The summed E-state index contributed by atoms with van der Waals surface area (Å²) in [6.45, 7) is 0.325. The first-order valence-corrected chi connectivity index (χ1v) is 8.16. The fraction of sp³-hybridized carbons (Fsp3) is 0.263. The van der Waals surface area contributed by atoms with Crippen LogP contribution in [0.4, 0.5) is 0 Å². The molecule has 0 aromatic heterocycles. The molecule has 0 saturated heterocycles. The van der Waals surface area contributed by atoms with E-state index in [1.165, 1.54) is 4.90 Å². The van der Waals surface area contributed by atoms with E-state index < -0.39 is 18.0 Å². The van der Waals surface area contributed by atoms with Crippen LogP contribution in [0, 0.1) is 0 Å². The Morgan fingerprint density at radius 1 is 1.12 bits per heavy atom. The lowest BCUT2D eigenvalue weighted by atomic mass is 9.92. The summed E-state index contributed by atoms with van der Waals surface area (Å²) in [7, 11) is 0. The Morgan fingerprint density at radius 3 is 2.40 bits per heavy atom. The molecule has 2 amide bonds. The molecule has 130 valence electrons. The maximum absolute atomic E-state index is 12.8. The van der Waals surface area contributed by atoms with Crippen LogP contribution in [-0.4, -0.2) is 33.9 Å². The zero-order chi connectivity index (χ0) is 18.0. The van der Waals surface area contributed by atoms with Crippen LogP contribution in [0.25, 0.3) is 0 Å². The van der Waals surface area contributed by atoms with Crippen molar-refractivity contribution in [2.45, 2.75) is 31.5 Å². The zero-order valence-corrected chi connectivity index (χ0v) is 13.8. The number of phenolic OH excluding ortho intramolecular Hbond substituents is 1. The van der Waals surface area contributed by atoms with Crippen molar-refractivity contribution in [2.75, 3.05) is 0 Å². The predicted molar refractivity (Wildman–Crippen MR) is 93.5 cm³/mol. The third-order valence-corrected chi connectivity index (χ3v) is 4.57. The maximum Gasteiger partial charge on any atom is 0.240 e. The first-order valence-electron chi connectivity index (χ1n) is 8.16. The standard InChI is InChI=1S/C19H21N3O3/c20-16(9-12-5-7-15(23)8-6-12)19(25)22-11-14-4-2-1-3-13(14)10-17(22)18(21)24/h1-8,16-17,23H,9-11,20H2,(H2,21,24)/t16-,17+/m0/s1. The van der Waals surface area contributed by atoms with Gasteiger partial charge in [-0.05, 0) is 35.2 Å². The minimum absolute atomic E-state index is 0.157. The summed E-state index contributed by atoms with van der Waals surface area (Å²) in [5.41, 5.74) is 14.5. The molecular weight excluding hydrogens is 318 g/mol. The number of nitrogens with two attached hydrogens (primary N) is 2. The van der Waals surface area contributed by atoms with E-state index in [-0.39, 0.29) is 11.7 Å². The first-order chi connectivity index (χ1) is 12.0. The zero-order valence-electron chi connectivity index (χ0n) is 13.8. The number of fused-ring (bicyclic) bond motifs is 1. The van der Waals surface area contributed by atoms with E-state index in [0.717, 1.165) is 16.7 Å². The SMILES string of the molecule is NC(=O)[C@H]1Cc2ccccc2CN1C(=O)[C@@H](N)Cc1ccc(O)cc1. The van der Waals surface area contributed by atoms with E-state index in [2.05, 4.69) is 0 Å². The monoisotopic (exact) mass is 339 g/mol. The number of hydrogen-bond acceptors (Lipinski definition) is 4. The Labute approximate surface area is 146 Å². The van der Waals surface area contributed by atoms with Crippen LogP contribution >= 0.6 is 0 Å². The van der Waals surface area contributed by atoms with Crippen molar-refractivity contribution in [3.05, 3.63) is 65.2 Å². The average Bonchev–Trinajstić information content (AvgIpc) is 2.61. The van der Waals surface area contributed by atoms with Gasteiger partial charge in [0.25, 0.3) is 0 Å². The van der Waals surface area contributed by atoms with Crippen LogP contribution in [0.5, 0.6) is 5.75 Å². The number of phenols is 1. The van der Waals surface area contributed by atoms with Gasteiger partial charge < -0.3 is 21.5 Å². The van der Waals surface area contributed by atoms with Crippen molar-refractivity contribution >= 4 is 11.8 Å². The van der Waals surface area contributed by atoms with E-state index in [4.69, 9.17) is 11.5 Å². The Balaban J connectivity index is 1.79. The molecule has 0 saturated carbocycles. The molecule has 6 nitrogen and oxygen atoms in total. The molecule has 2 aromatic carbocycles. The Morgan fingerprint density at radius 2 is 1.76 bits per heavy atom. The maximum atomic E-state index is 12.8. The fourth-order valence-electron chi connectivity index (χ4n) is 3.20. The Kier molecular flexibility index (Phi) is 4.72. The number of carbonyl (C=O) groups is 2. The molecule has 0 fully saturated rings. The van der Waals surface area contributed by atoms with Crippen molar-refractivity contribution < 1.29 is 14.7 Å². The van der Waals surface area contributed by atoms with Gasteiger partial charge in [0.05, 0.1) is 6.04 Å². The number of aromatic hydroxyl groups is 1. The lowest BCUT2D eigenvalue weighted by Crippen LogP contribution is -2.55. The summed E-state index contributed by atoms with van der Waals surface area (Å²) in [5.74, 6) is -0.670. The highest BCUT2D eigenvalue weighted by Crippen LogP contribution is 2.24. The number of hydrogen-bond donors (Lipinski definition) is 3. The molecule has 0 aliphatic carbocycles. The lowest BCUT2D eigenvalue weighted by molar-refractivity contribution is -0.141. The van der Waals surface area contributed by atoms with Crippen LogP contribution in [0.1, 0.15) is 16.7 Å². The second-order valence-corrected chi connectivity index (χ2v) is 6.33. The molecule has 0 bridgehead atoms. The number of nitrogens with zero attached hydrogens (tertiary/aromatic N) is 1. The van der Waals surface area contributed by atoms with Crippen molar-refractivity contribution in [1.82, 2.24) is 4.90 Å². The second kappa shape index (κ2) is 6.94. The fourth-order valence-corrected chi connectivity index (χ4v) is 3.20. The van der Waals surface area contributed by atoms with Gasteiger partial charge in [0.2, 0.25) is 11.8 Å². The minimum Gasteiger partial charge on any atom is -0.508 e. The molecule has 0 radical (unpaired) electrons. The molecule has 1 aliphatic heterocycles. The number of amides is 2. The molecule has 2 atom stereocenters. The van der Waals surface area contributed by atoms with Gasteiger partial charge in [0.1, 0.15) is 11.8 Å². The molecule has 0 spiro atoms. The van der Waals surface area contributed by atoms with Gasteiger partial charge in [-0.15, -0.1) is 0 Å². The molecule has 1 aliphatic rings. The highest BCUT2D eigenvalue weighted by atomic mass is 16.3. The normalized spacial score (nSPS) is 17.6. The summed E-state index contributed by atoms with van der Waals surface area (Å²) in [6, 6.07) is 12.8. The van der Waals surface area contributed by atoms with Gasteiger partial charge in [-0.2, -0.15) is 0 Å². The summed E-state index contributed by atoms with van der Waals surface area (Å²) >= 11 is 0. The van der Waals surface area contributed by atoms with E-state index in [9.17, 15) is 14.7 Å². The quantitative estimate of drug-likeness (QED) is 0.761. The summed E-state index contributed by atoms with van der Waals surface area (Å²) in [6.07, 6.45) is 0.728. The molecule has 3 rings (SSSR count). The molecule has 0 unspecified atom stereocenters. The molecule has 6 heteroatoms. The number of carbonyl (C=O) groups excluding carboxylic acids is 2. The molecule has 2 aromatic rings. The van der Waals surface area contributed by atoms with E-state index in [1.54, 1.807) is 24.3 Å². The van der Waals surface area contributed by atoms with Crippen molar-refractivity contribution in [3.8, 4) is 5.75 Å². The van der Waals surface area contributed by atoms with Crippen LogP contribution in [0.15, 0.2) is 48.5 Å². The second-order valence-electron chi connectivity index (χ2n) is 6.33. The van der Waals surface area contributed by atoms with E-state index in [1.807, 2.05) is 24.3 Å². The van der Waals surface area contributed by atoms with E-state index in [0.29, 0.717) is 19.4 Å². The summed E-state index contributed by atoms with van der Waals surface area (Å²) in [4.78, 5) is 26.2. The number of primary amides is 1. The number of rotatable bonds is 4. The van der Waals surface area contributed by atoms with Crippen molar-refractivity contribution in [2.24, 2.45) is 11.5 Å². The Hall–Kier alpha value is -2.86. The Bertz CT molecular complexity index is 789. The van der Waals surface area contributed by atoms with Gasteiger partial charge >= 0.3 is 0 Å². The van der Waals surface area contributed by atoms with Crippen LogP contribution < -0.4 is 11.5 Å². The third kappa shape index (κ3) is 3.64. The highest BCUT2D eigenvalue weighted by Gasteiger charge is 2.35. The van der Waals surface area contributed by atoms with Crippen LogP contribution in [-0.2, 0) is 29.0 Å². The lowest BCUT2D eigenvalue weighted by Gasteiger charge is -2.36. The summed E-state index contributed by atoms with van der Waals surface area (Å²) < 4.78 is 0. The topological polar surface area (TPSA) is 110 Å². The van der Waals surface area contributed by atoms with Gasteiger partial charge in [-0.3, -0.25) is 9.59 Å². The smallest absolute Gasteiger partial charge is 0.240 e. The molecule has 25 heavy (non-hydrogen) atoms. The molecule has 5 N–H and O–H groups in total. The van der Waals surface area contributed by atoms with Gasteiger partial charge in [0.15, 0.2) is 0 Å². The van der Waals surface area contributed by atoms with Crippen molar-refractivity contribution in [1.29, 1.82) is 0 Å². The molecule has 1 heterocycles. The average molecular weight is 339 g/mol. The third-order valence-electron chi connectivity index (χ3n) is 4.57. The van der Waals surface area contributed by atoms with Gasteiger partial charge in [-0.1, -0.05) is 36.4 Å². The van der Waals surface area contributed by atoms with Crippen LogP contribution in [0.3, 0.4) is 0 Å². The largest absolute Gasteiger partial charge is 0.508 e. The van der Waals surface area contributed by atoms with Gasteiger partial charge in [-0.25, -0.2) is 0 Å². The highest BCUT2D eigenvalue weighted by molar-refractivity contribution is 5.89. The van der Waals surface area contributed by atoms with Crippen molar-refractivity contribution in [3.63, 3.8) is 0 Å². The van der Waals surface area contributed by atoms with E-state index >= 15 is 0 Å². The first kappa shape index (κ1) is 17.0. The number of benzene rings is 2. The predicted octanol–water partition coefficient (Wildman–Crippen LogP) is 0.701. The molecular formula is C19H21N3O3. The van der Waals surface area contributed by atoms with Crippen LogP contribution in [0.2, 0.25) is 0 Å². The summed E-state index contributed by atoms with van der Waals surface area (Å²) in [5, 5.41) is 9.33.